The number of likely N-dealkylation sites (tertiary alicyclic amines) is 1. The molecule has 1 aromatic heterocycles. The van der Waals surface area contributed by atoms with Crippen molar-refractivity contribution in [2.75, 3.05) is 6.54 Å². The molecule has 7 nitrogen and oxygen atoms in total. The summed E-state index contributed by atoms with van der Waals surface area (Å²) in [6, 6.07) is 9.57. The van der Waals surface area contributed by atoms with E-state index in [0.29, 0.717) is 19.5 Å². The topological polar surface area (TPSA) is 110 Å². The van der Waals surface area contributed by atoms with Gasteiger partial charge in [0, 0.05) is 4.88 Å². The Kier molecular flexibility index (Phi) is 5.52. The highest BCUT2D eigenvalue weighted by atomic mass is 32.2. The molecule has 9 heteroatoms. The summed E-state index contributed by atoms with van der Waals surface area (Å²) in [5.74, 6) is -0.369. The fraction of sp³-hybridized carbons (Fsp3) is 0.294. The van der Waals surface area contributed by atoms with Gasteiger partial charge in [-0.2, -0.15) is 0 Å². The molecule has 0 saturated carbocycles. The lowest BCUT2D eigenvalue weighted by Crippen LogP contribution is -2.39. The van der Waals surface area contributed by atoms with Gasteiger partial charge >= 0.3 is 0 Å². The third-order valence-corrected chi connectivity index (χ3v) is 5.98. The first kappa shape index (κ1) is 18.7. The highest BCUT2D eigenvalue weighted by Crippen LogP contribution is 2.19. The van der Waals surface area contributed by atoms with E-state index in [1.54, 1.807) is 12.1 Å². The molecule has 3 rings (SSSR count). The van der Waals surface area contributed by atoms with Gasteiger partial charge in [0.05, 0.1) is 23.9 Å². The van der Waals surface area contributed by atoms with Gasteiger partial charge in [-0.1, -0.05) is 18.2 Å². The molecular weight excluding hydrogens is 374 g/mol. The van der Waals surface area contributed by atoms with Crippen LogP contribution in [0.4, 0.5) is 0 Å². The van der Waals surface area contributed by atoms with Crippen LogP contribution in [0.15, 0.2) is 46.7 Å². The second-order valence-electron chi connectivity index (χ2n) is 6.05. The molecule has 1 fully saturated rings. The summed E-state index contributed by atoms with van der Waals surface area (Å²) in [6.07, 6.45) is 0.766. The van der Waals surface area contributed by atoms with Crippen LogP contribution in [0.3, 0.4) is 0 Å². The monoisotopic (exact) mass is 393 g/mol. The second-order valence-corrected chi connectivity index (χ2v) is 8.64. The minimum atomic E-state index is -3.70. The highest BCUT2D eigenvalue weighted by Gasteiger charge is 2.38. The van der Waals surface area contributed by atoms with Crippen molar-refractivity contribution in [3.8, 4) is 0 Å². The van der Waals surface area contributed by atoms with Crippen LogP contribution in [0.1, 0.15) is 16.9 Å². The lowest BCUT2D eigenvalue weighted by Gasteiger charge is -2.14. The molecule has 0 radical (unpaired) electrons. The SMILES string of the molecule is NS(=O)(=O)c1ccc(CCNC2CC(=O)N(Cc3cccs3)C2=O)cc1. The number of sulfonamides is 1. The number of carbonyl (C=O) groups is 2. The van der Waals surface area contributed by atoms with E-state index in [1.165, 1.54) is 28.4 Å². The molecule has 0 spiro atoms. The molecule has 1 aliphatic heterocycles. The quantitative estimate of drug-likeness (QED) is 0.678. The zero-order valence-electron chi connectivity index (χ0n) is 13.9. The summed E-state index contributed by atoms with van der Waals surface area (Å²) in [6.45, 7) is 0.827. The smallest absolute Gasteiger partial charge is 0.247 e. The van der Waals surface area contributed by atoms with Crippen LogP contribution >= 0.6 is 11.3 Å². The maximum atomic E-state index is 12.4. The zero-order chi connectivity index (χ0) is 18.7. The standard InChI is InChI=1S/C17H19N3O4S2/c18-26(23,24)14-5-3-12(4-6-14)7-8-19-15-10-16(21)20(17(15)22)11-13-2-1-9-25-13/h1-6,9,15,19H,7-8,10-11H2,(H2,18,23,24). The zero-order valence-corrected chi connectivity index (χ0v) is 15.6. The number of hydrogen-bond acceptors (Lipinski definition) is 6. The molecule has 26 heavy (non-hydrogen) atoms. The fourth-order valence-electron chi connectivity index (χ4n) is 2.80. The van der Waals surface area contributed by atoms with Crippen LogP contribution in [-0.2, 0) is 32.6 Å². The van der Waals surface area contributed by atoms with Crippen molar-refractivity contribution in [3.63, 3.8) is 0 Å². The molecule has 2 heterocycles. The average Bonchev–Trinajstić information content (AvgIpc) is 3.19. The largest absolute Gasteiger partial charge is 0.305 e. The van der Waals surface area contributed by atoms with Gasteiger partial charge in [0.15, 0.2) is 0 Å². The Labute approximate surface area is 155 Å². The third kappa shape index (κ3) is 4.36. The number of nitrogens with zero attached hydrogens (tertiary/aromatic N) is 1. The van der Waals surface area contributed by atoms with Crippen LogP contribution in [0.5, 0.6) is 0 Å². The van der Waals surface area contributed by atoms with Crippen molar-refractivity contribution in [1.82, 2.24) is 10.2 Å². The summed E-state index contributed by atoms with van der Waals surface area (Å²) in [5.41, 5.74) is 0.914. The van der Waals surface area contributed by atoms with Crippen LogP contribution in [0.25, 0.3) is 0 Å². The molecule has 1 aromatic carbocycles. The second kappa shape index (κ2) is 7.67. The maximum Gasteiger partial charge on any atom is 0.247 e. The lowest BCUT2D eigenvalue weighted by atomic mass is 10.1. The predicted octanol–water partition coefficient (Wildman–Crippen LogP) is 0.855. The third-order valence-electron chi connectivity index (χ3n) is 4.19. The van der Waals surface area contributed by atoms with Crippen molar-refractivity contribution in [2.24, 2.45) is 5.14 Å². The number of nitrogens with one attached hydrogen (secondary N) is 1. The van der Waals surface area contributed by atoms with Crippen molar-refractivity contribution >= 4 is 33.2 Å². The number of carbonyl (C=O) groups excluding carboxylic acids is 2. The Hall–Kier alpha value is -2.07. The molecule has 0 bridgehead atoms. The van der Waals surface area contributed by atoms with Gasteiger partial charge in [-0.15, -0.1) is 11.3 Å². The molecule has 2 amide bonds. The Morgan fingerprint density at radius 3 is 2.54 bits per heavy atom. The van der Waals surface area contributed by atoms with E-state index in [2.05, 4.69) is 5.32 Å². The number of imide groups is 1. The summed E-state index contributed by atoms with van der Waals surface area (Å²) < 4.78 is 22.5. The lowest BCUT2D eigenvalue weighted by molar-refractivity contribution is -0.139. The first-order valence-corrected chi connectivity index (χ1v) is 10.5. The number of hydrogen-bond donors (Lipinski definition) is 2. The Morgan fingerprint density at radius 1 is 1.19 bits per heavy atom. The molecular formula is C17H19N3O4S2. The highest BCUT2D eigenvalue weighted by molar-refractivity contribution is 7.89. The number of thiophene rings is 1. The fourth-order valence-corrected chi connectivity index (χ4v) is 4.01. The van der Waals surface area contributed by atoms with Crippen molar-refractivity contribution in [3.05, 3.63) is 52.2 Å². The minimum absolute atomic E-state index is 0.0648. The number of nitrogens with two attached hydrogens (primary N) is 1. The minimum Gasteiger partial charge on any atom is -0.305 e. The van der Waals surface area contributed by atoms with Crippen molar-refractivity contribution < 1.29 is 18.0 Å². The van der Waals surface area contributed by atoms with Gasteiger partial charge in [0.2, 0.25) is 21.8 Å². The molecule has 1 saturated heterocycles. The number of rotatable bonds is 7. The summed E-state index contributed by atoms with van der Waals surface area (Å²) >= 11 is 1.51. The van der Waals surface area contributed by atoms with Crippen LogP contribution in [-0.4, -0.2) is 37.7 Å². The molecule has 138 valence electrons. The van der Waals surface area contributed by atoms with E-state index in [1.807, 2.05) is 17.5 Å². The first-order chi connectivity index (χ1) is 12.3. The molecule has 2 aromatic rings. The molecule has 1 unspecified atom stereocenters. The van der Waals surface area contributed by atoms with Gasteiger partial charge in [-0.05, 0) is 42.1 Å². The summed E-state index contributed by atoms with van der Waals surface area (Å²) in [4.78, 5) is 26.8. The van der Waals surface area contributed by atoms with E-state index in [-0.39, 0.29) is 23.1 Å². The number of primary sulfonamides is 1. The van der Waals surface area contributed by atoms with E-state index >= 15 is 0 Å². The van der Waals surface area contributed by atoms with Gasteiger partial charge in [0.25, 0.3) is 0 Å². The predicted molar refractivity (Wildman–Crippen MR) is 97.8 cm³/mol. The molecule has 3 N–H and O–H groups in total. The molecule has 0 aliphatic carbocycles. The molecule has 1 aliphatic rings. The Morgan fingerprint density at radius 2 is 1.92 bits per heavy atom. The van der Waals surface area contributed by atoms with Crippen molar-refractivity contribution in [1.29, 1.82) is 0 Å². The van der Waals surface area contributed by atoms with E-state index in [9.17, 15) is 18.0 Å². The van der Waals surface area contributed by atoms with E-state index in [0.717, 1.165) is 10.4 Å². The van der Waals surface area contributed by atoms with Crippen LogP contribution in [0, 0.1) is 0 Å². The Balaban J connectivity index is 1.52. The van der Waals surface area contributed by atoms with E-state index in [4.69, 9.17) is 5.14 Å². The number of amides is 2. The Bertz CT molecular complexity index is 893. The molecule has 1 atom stereocenters. The summed E-state index contributed by atoms with van der Waals surface area (Å²) in [5, 5.41) is 10.1. The average molecular weight is 393 g/mol. The van der Waals surface area contributed by atoms with E-state index < -0.39 is 16.1 Å². The first-order valence-electron chi connectivity index (χ1n) is 8.06. The van der Waals surface area contributed by atoms with Gasteiger partial charge in [0.1, 0.15) is 0 Å². The number of benzene rings is 1. The summed E-state index contributed by atoms with van der Waals surface area (Å²) in [7, 11) is -3.70. The normalized spacial score (nSPS) is 17.9. The van der Waals surface area contributed by atoms with Gasteiger partial charge < -0.3 is 5.32 Å². The van der Waals surface area contributed by atoms with Gasteiger partial charge in [-0.3, -0.25) is 14.5 Å². The van der Waals surface area contributed by atoms with Gasteiger partial charge in [-0.25, -0.2) is 13.6 Å². The van der Waals surface area contributed by atoms with Crippen LogP contribution < -0.4 is 10.5 Å². The van der Waals surface area contributed by atoms with Crippen molar-refractivity contribution in [2.45, 2.75) is 30.3 Å². The van der Waals surface area contributed by atoms with Crippen LogP contribution in [0.2, 0.25) is 0 Å². The maximum absolute atomic E-state index is 12.4.